The van der Waals surface area contributed by atoms with Crippen LogP contribution in [0.25, 0.3) is 0 Å². The molecule has 0 saturated carbocycles. The lowest BCUT2D eigenvalue weighted by Crippen LogP contribution is -2.37. The summed E-state index contributed by atoms with van der Waals surface area (Å²) in [5.41, 5.74) is 0.0372. The molecule has 0 fully saturated rings. The smallest absolute Gasteiger partial charge is 0.0566 e. The molecule has 0 atom stereocenters. The fourth-order valence-corrected chi connectivity index (χ4v) is 1.82. The van der Waals surface area contributed by atoms with E-state index in [2.05, 4.69) is 6.92 Å². The fraction of sp³-hybridized carbons (Fsp3) is 1.00. The van der Waals surface area contributed by atoms with Crippen molar-refractivity contribution in [3.63, 3.8) is 0 Å². The van der Waals surface area contributed by atoms with E-state index in [1.54, 1.807) is 7.11 Å². The quantitative estimate of drug-likeness (QED) is 0.564. The molecule has 0 saturated heterocycles. The summed E-state index contributed by atoms with van der Waals surface area (Å²) in [4.78, 5) is 0. The first-order valence-corrected chi connectivity index (χ1v) is 5.89. The average Bonchev–Trinajstić information content (AvgIpc) is 2.24. The highest BCUT2D eigenvalue weighted by atomic mass is 16.5. The van der Waals surface area contributed by atoms with Crippen molar-refractivity contribution in [2.75, 3.05) is 40.1 Å². The molecule has 0 amide bonds. The highest BCUT2D eigenvalue weighted by Crippen LogP contribution is 2.25. The van der Waals surface area contributed by atoms with Gasteiger partial charge < -0.3 is 14.2 Å². The molecule has 0 aliphatic rings. The largest absolute Gasteiger partial charge is 0.384 e. The highest BCUT2D eigenvalue weighted by Gasteiger charge is 2.30. The molecule has 3 nitrogen and oxygen atoms in total. The first kappa shape index (κ1) is 14.9. The molecule has 92 valence electrons. The number of ether oxygens (including phenoxy) is 3. The van der Waals surface area contributed by atoms with Crippen LogP contribution in [0.3, 0.4) is 0 Å². The van der Waals surface area contributed by atoms with Crippen LogP contribution in [0.1, 0.15) is 33.6 Å². The van der Waals surface area contributed by atoms with Crippen LogP contribution in [-0.2, 0) is 14.2 Å². The normalized spacial score (nSPS) is 12.0. The fourth-order valence-electron chi connectivity index (χ4n) is 1.82. The Kier molecular flexibility index (Phi) is 9.06. The van der Waals surface area contributed by atoms with Gasteiger partial charge in [0.15, 0.2) is 0 Å². The summed E-state index contributed by atoms with van der Waals surface area (Å²) in [5, 5.41) is 0. The molecule has 0 unspecified atom stereocenters. The molecule has 0 aromatic carbocycles. The molecule has 0 radical (unpaired) electrons. The third-order valence-electron chi connectivity index (χ3n) is 2.46. The van der Waals surface area contributed by atoms with Gasteiger partial charge in [0, 0.05) is 25.7 Å². The monoisotopic (exact) mass is 218 g/mol. The highest BCUT2D eigenvalue weighted by molar-refractivity contribution is 4.78. The van der Waals surface area contributed by atoms with Crippen LogP contribution >= 0.6 is 0 Å². The first-order valence-electron chi connectivity index (χ1n) is 5.89. The summed E-state index contributed by atoms with van der Waals surface area (Å²) in [6.45, 7) is 9.89. The molecule has 15 heavy (non-hydrogen) atoms. The van der Waals surface area contributed by atoms with Gasteiger partial charge in [-0.25, -0.2) is 0 Å². The van der Waals surface area contributed by atoms with Crippen molar-refractivity contribution in [3.05, 3.63) is 0 Å². The van der Waals surface area contributed by atoms with E-state index in [0.717, 1.165) is 39.3 Å². The van der Waals surface area contributed by atoms with E-state index in [-0.39, 0.29) is 5.41 Å². The van der Waals surface area contributed by atoms with Crippen LogP contribution in [0.15, 0.2) is 0 Å². The average molecular weight is 218 g/mol. The van der Waals surface area contributed by atoms with Crippen molar-refractivity contribution in [2.24, 2.45) is 5.41 Å². The lowest BCUT2D eigenvalue weighted by atomic mass is 9.86. The summed E-state index contributed by atoms with van der Waals surface area (Å²) >= 11 is 0. The lowest BCUT2D eigenvalue weighted by molar-refractivity contribution is -0.0609. The maximum Gasteiger partial charge on any atom is 0.0566 e. The van der Waals surface area contributed by atoms with Crippen LogP contribution in [0, 0.1) is 5.41 Å². The zero-order valence-corrected chi connectivity index (χ0v) is 10.7. The van der Waals surface area contributed by atoms with Crippen molar-refractivity contribution >= 4 is 0 Å². The van der Waals surface area contributed by atoms with E-state index in [1.165, 1.54) is 0 Å². The lowest BCUT2D eigenvalue weighted by Gasteiger charge is -2.32. The third-order valence-corrected chi connectivity index (χ3v) is 2.46. The molecule has 0 rings (SSSR count). The molecular weight excluding hydrogens is 192 g/mol. The van der Waals surface area contributed by atoms with E-state index in [4.69, 9.17) is 14.2 Å². The molecule has 0 aliphatic heterocycles. The van der Waals surface area contributed by atoms with Gasteiger partial charge in [-0.1, -0.05) is 13.3 Å². The summed E-state index contributed by atoms with van der Waals surface area (Å²) < 4.78 is 16.4. The van der Waals surface area contributed by atoms with Crippen molar-refractivity contribution in [1.29, 1.82) is 0 Å². The van der Waals surface area contributed by atoms with Crippen LogP contribution in [0.5, 0.6) is 0 Å². The van der Waals surface area contributed by atoms with Crippen molar-refractivity contribution in [3.8, 4) is 0 Å². The maximum absolute atomic E-state index is 5.54. The van der Waals surface area contributed by atoms with Gasteiger partial charge in [0.05, 0.1) is 19.8 Å². The van der Waals surface area contributed by atoms with Gasteiger partial charge in [0.2, 0.25) is 0 Å². The topological polar surface area (TPSA) is 27.7 Å². The molecule has 0 aliphatic carbocycles. The molecule has 0 bridgehead atoms. The van der Waals surface area contributed by atoms with Crippen LogP contribution in [0.4, 0.5) is 0 Å². The Morgan fingerprint density at radius 1 is 0.867 bits per heavy atom. The Morgan fingerprint density at radius 3 is 1.73 bits per heavy atom. The minimum Gasteiger partial charge on any atom is -0.384 e. The maximum atomic E-state index is 5.54. The number of hydrogen-bond acceptors (Lipinski definition) is 3. The minimum absolute atomic E-state index is 0.0372. The second-order valence-corrected chi connectivity index (χ2v) is 3.96. The first-order chi connectivity index (χ1) is 7.24. The number of methoxy groups -OCH3 is 1. The van der Waals surface area contributed by atoms with Gasteiger partial charge >= 0.3 is 0 Å². The molecule has 0 heterocycles. The van der Waals surface area contributed by atoms with Crippen molar-refractivity contribution in [1.82, 2.24) is 0 Å². The van der Waals surface area contributed by atoms with E-state index in [0.29, 0.717) is 6.61 Å². The molecule has 0 aromatic heterocycles. The van der Waals surface area contributed by atoms with Gasteiger partial charge in [0.25, 0.3) is 0 Å². The second kappa shape index (κ2) is 9.13. The molecule has 0 spiro atoms. The van der Waals surface area contributed by atoms with Gasteiger partial charge in [-0.05, 0) is 20.3 Å². The molecule has 3 heteroatoms. The summed E-state index contributed by atoms with van der Waals surface area (Å²) in [6.07, 6.45) is 2.21. The third kappa shape index (κ3) is 6.13. The predicted octanol–water partition coefficient (Wildman–Crippen LogP) is 2.49. The second-order valence-electron chi connectivity index (χ2n) is 3.96. The van der Waals surface area contributed by atoms with E-state index in [9.17, 15) is 0 Å². The predicted molar refractivity (Wildman–Crippen MR) is 62.2 cm³/mol. The summed E-state index contributed by atoms with van der Waals surface area (Å²) in [5.74, 6) is 0. The minimum atomic E-state index is 0.0372. The molecule has 0 N–H and O–H groups in total. The number of rotatable bonds is 10. The Hall–Kier alpha value is -0.120. The van der Waals surface area contributed by atoms with Crippen LogP contribution < -0.4 is 0 Å². The van der Waals surface area contributed by atoms with Crippen LogP contribution in [0.2, 0.25) is 0 Å². The summed E-state index contributed by atoms with van der Waals surface area (Å²) in [7, 11) is 1.74. The Bertz CT molecular complexity index is 121. The number of hydrogen-bond donors (Lipinski definition) is 0. The Labute approximate surface area is 94.1 Å². The molecular formula is C12H26O3. The Morgan fingerprint density at radius 2 is 1.40 bits per heavy atom. The van der Waals surface area contributed by atoms with Crippen LogP contribution in [-0.4, -0.2) is 40.1 Å². The zero-order valence-electron chi connectivity index (χ0n) is 10.7. The van der Waals surface area contributed by atoms with E-state index >= 15 is 0 Å². The Balaban J connectivity index is 4.26. The van der Waals surface area contributed by atoms with E-state index in [1.807, 2.05) is 13.8 Å². The van der Waals surface area contributed by atoms with Crippen molar-refractivity contribution in [2.45, 2.75) is 33.6 Å². The van der Waals surface area contributed by atoms with Gasteiger partial charge in [-0.15, -0.1) is 0 Å². The van der Waals surface area contributed by atoms with Gasteiger partial charge in [0.1, 0.15) is 0 Å². The summed E-state index contributed by atoms with van der Waals surface area (Å²) in [6, 6.07) is 0. The van der Waals surface area contributed by atoms with Gasteiger partial charge in [-0.2, -0.15) is 0 Å². The standard InChI is InChI=1S/C12H26O3/c1-5-8-12(9-13-4,10-14-6-2)11-15-7-3/h5-11H2,1-4H3. The zero-order chi connectivity index (χ0) is 11.6. The van der Waals surface area contributed by atoms with Crippen molar-refractivity contribution < 1.29 is 14.2 Å². The van der Waals surface area contributed by atoms with E-state index < -0.39 is 0 Å². The SMILES string of the molecule is CCCC(COC)(COCC)COCC. The molecule has 0 aromatic rings. The van der Waals surface area contributed by atoms with Gasteiger partial charge in [-0.3, -0.25) is 0 Å².